The molecule has 0 N–H and O–H groups in total. The van der Waals surface area contributed by atoms with Crippen LogP contribution in [0.1, 0.15) is 0 Å². The van der Waals surface area contributed by atoms with E-state index in [4.69, 9.17) is 13.3 Å². The molecule has 0 amide bonds. The van der Waals surface area contributed by atoms with E-state index in [1.165, 1.54) is 0 Å². The fourth-order valence-corrected chi connectivity index (χ4v) is 4.63. The summed E-state index contributed by atoms with van der Waals surface area (Å²) in [6.45, 7) is 1.73. The molecule has 72 valence electrons. The Labute approximate surface area is 75.9 Å². The van der Waals surface area contributed by atoms with E-state index in [1.54, 1.807) is 27.9 Å². The van der Waals surface area contributed by atoms with Crippen molar-refractivity contribution in [2.75, 3.05) is 21.3 Å². The molecule has 0 aromatic carbocycles. The zero-order valence-corrected chi connectivity index (χ0v) is 10.0. The van der Waals surface area contributed by atoms with Gasteiger partial charge < -0.3 is 17.7 Å². The Morgan fingerprint density at radius 3 is 1.83 bits per heavy atom. The molecule has 0 aromatic rings. The molecule has 0 aliphatic rings. The van der Waals surface area contributed by atoms with Crippen LogP contribution in [0.15, 0.2) is 0 Å². The Bertz CT molecular complexity index is 138. The minimum Gasteiger partial charge on any atom is -0.389 e. The van der Waals surface area contributed by atoms with Crippen molar-refractivity contribution in [2.24, 2.45) is 0 Å². The molecule has 0 radical (unpaired) electrons. The second kappa shape index (κ2) is 5.71. The lowest BCUT2D eigenvalue weighted by atomic mass is 10.9. The van der Waals surface area contributed by atoms with E-state index in [-0.39, 0.29) is 0 Å². The van der Waals surface area contributed by atoms with Crippen LogP contribution in [0.25, 0.3) is 0 Å². The van der Waals surface area contributed by atoms with Crippen LogP contribution in [0.5, 0.6) is 0 Å². The van der Waals surface area contributed by atoms with E-state index in [9.17, 15) is 4.46 Å². The summed E-state index contributed by atoms with van der Waals surface area (Å²) in [6.07, 6.45) is 0. The second-order valence-corrected chi connectivity index (χ2v) is 7.49. The van der Waals surface area contributed by atoms with Crippen molar-refractivity contribution >= 4 is 17.5 Å². The van der Waals surface area contributed by atoms with Gasteiger partial charge in [-0.1, -0.05) is 0 Å². The molecular formula is C6H16O4Si2. The molecule has 0 spiro atoms. The van der Waals surface area contributed by atoms with Gasteiger partial charge in [-0.2, -0.15) is 0 Å². The van der Waals surface area contributed by atoms with Crippen LogP contribution in [0, 0.1) is 0 Å². The van der Waals surface area contributed by atoms with Gasteiger partial charge in [0.25, 0.3) is 8.68 Å². The van der Waals surface area contributed by atoms with Crippen LogP contribution in [-0.4, -0.2) is 38.8 Å². The molecule has 6 heteroatoms. The molecule has 0 saturated carbocycles. The maximum absolute atomic E-state index is 10.9. The Morgan fingerprint density at radius 1 is 1.17 bits per heavy atom. The van der Waals surface area contributed by atoms with Crippen molar-refractivity contribution in [1.29, 1.82) is 0 Å². The fraction of sp³-hybridized carbons (Fsp3) is 1.00. The summed E-state index contributed by atoms with van der Waals surface area (Å²) >= 11 is 0. The number of hydrogen-bond acceptors (Lipinski definition) is 4. The summed E-state index contributed by atoms with van der Waals surface area (Å²) < 4.78 is 26.4. The lowest BCUT2D eigenvalue weighted by molar-refractivity contribution is 0.125. The van der Waals surface area contributed by atoms with E-state index in [2.05, 4.69) is 0 Å². The zero-order chi connectivity index (χ0) is 9.61. The molecule has 0 saturated heterocycles. The van der Waals surface area contributed by atoms with Crippen molar-refractivity contribution in [3.8, 4) is 0 Å². The molecular weight excluding hydrogens is 192 g/mol. The van der Waals surface area contributed by atoms with Gasteiger partial charge in [0.1, 0.15) is 0 Å². The Hall–Kier alpha value is 0.114. The molecule has 0 heterocycles. The Kier molecular flexibility index (Phi) is 5.76. The maximum atomic E-state index is 10.9. The summed E-state index contributed by atoms with van der Waals surface area (Å²) in [6, 6.07) is 1.26. The first kappa shape index (κ1) is 12.1. The van der Waals surface area contributed by atoms with Gasteiger partial charge in [-0.05, 0) is 12.6 Å². The Morgan fingerprint density at radius 2 is 1.58 bits per heavy atom. The minimum absolute atomic E-state index is 0.630. The van der Waals surface area contributed by atoms with Crippen molar-refractivity contribution in [3.63, 3.8) is 0 Å². The van der Waals surface area contributed by atoms with E-state index < -0.39 is 17.5 Å². The third-order valence-electron chi connectivity index (χ3n) is 1.72. The zero-order valence-electron chi connectivity index (χ0n) is 8.05. The average molecular weight is 208 g/mol. The van der Waals surface area contributed by atoms with Crippen LogP contribution >= 0.6 is 0 Å². The first-order chi connectivity index (χ1) is 5.60. The van der Waals surface area contributed by atoms with Crippen LogP contribution in [0.2, 0.25) is 18.6 Å². The highest BCUT2D eigenvalue weighted by Gasteiger charge is 2.37. The fourth-order valence-electron chi connectivity index (χ4n) is 0.885. The lowest BCUT2D eigenvalue weighted by Gasteiger charge is -2.23. The van der Waals surface area contributed by atoms with E-state index in [1.807, 2.05) is 0 Å². The Balaban J connectivity index is 4.01. The normalized spacial score (nSPS) is 11.7. The molecule has 0 fully saturated rings. The standard InChI is InChI=1S/C6H16O4Si2/c1-8-12(9-2,10-3)6-5-11(4)7/h5-6H2,1-4H3. The third-order valence-corrected chi connectivity index (χ3v) is 5.90. The average Bonchev–Trinajstić information content (AvgIpc) is 2.08. The van der Waals surface area contributed by atoms with Gasteiger partial charge in [-0.25, -0.2) is 0 Å². The van der Waals surface area contributed by atoms with Crippen molar-refractivity contribution in [2.45, 2.75) is 18.6 Å². The van der Waals surface area contributed by atoms with Crippen LogP contribution < -0.4 is 0 Å². The monoisotopic (exact) mass is 208 g/mol. The highest BCUT2D eigenvalue weighted by Crippen LogP contribution is 2.15. The second-order valence-electron chi connectivity index (χ2n) is 2.50. The first-order valence-corrected chi connectivity index (χ1v) is 7.80. The van der Waals surface area contributed by atoms with Gasteiger partial charge in [0.05, 0.1) is 0 Å². The van der Waals surface area contributed by atoms with Gasteiger partial charge >= 0.3 is 8.80 Å². The van der Waals surface area contributed by atoms with Crippen molar-refractivity contribution < 1.29 is 17.7 Å². The van der Waals surface area contributed by atoms with Crippen LogP contribution in [0.4, 0.5) is 0 Å². The summed E-state index contributed by atoms with van der Waals surface area (Å²) in [5.41, 5.74) is 0. The van der Waals surface area contributed by atoms with Crippen LogP contribution in [-0.2, 0) is 17.7 Å². The molecule has 0 aromatic heterocycles. The molecule has 0 aliphatic carbocycles. The van der Waals surface area contributed by atoms with E-state index >= 15 is 0 Å². The molecule has 4 nitrogen and oxygen atoms in total. The largest absolute Gasteiger partial charge is 0.500 e. The molecule has 0 aliphatic heterocycles. The van der Waals surface area contributed by atoms with Crippen molar-refractivity contribution in [3.05, 3.63) is 0 Å². The summed E-state index contributed by atoms with van der Waals surface area (Å²) in [5.74, 6) is 0. The minimum atomic E-state index is -2.45. The van der Waals surface area contributed by atoms with Crippen LogP contribution in [0.3, 0.4) is 0 Å². The molecule has 0 atom stereocenters. The van der Waals surface area contributed by atoms with Crippen molar-refractivity contribution in [1.82, 2.24) is 0 Å². The third kappa shape index (κ3) is 3.68. The van der Waals surface area contributed by atoms with E-state index in [0.717, 1.165) is 0 Å². The summed E-state index contributed by atoms with van der Waals surface area (Å²) in [4.78, 5) is 0. The predicted molar refractivity (Wildman–Crippen MR) is 48.7 cm³/mol. The van der Waals surface area contributed by atoms with Gasteiger partial charge in [-0.3, -0.25) is 0 Å². The van der Waals surface area contributed by atoms with Gasteiger partial charge in [0.2, 0.25) is 0 Å². The molecule has 12 heavy (non-hydrogen) atoms. The molecule has 0 unspecified atom stereocenters. The maximum Gasteiger partial charge on any atom is 0.500 e. The predicted octanol–water partition coefficient (Wildman–Crippen LogP) is 0.916. The highest BCUT2D eigenvalue weighted by molar-refractivity contribution is 6.62. The summed E-state index contributed by atoms with van der Waals surface area (Å²) in [7, 11) is 0.778. The topological polar surface area (TPSA) is 44.8 Å². The lowest BCUT2D eigenvalue weighted by Crippen LogP contribution is -2.42. The first-order valence-electron chi connectivity index (χ1n) is 3.75. The molecule has 0 bridgehead atoms. The molecule has 0 rings (SSSR count). The SMILES string of the molecule is CO[Si](CC[Si](C)=O)(OC)OC. The summed E-state index contributed by atoms with van der Waals surface area (Å²) in [5, 5.41) is 0. The van der Waals surface area contributed by atoms with Gasteiger partial charge in [-0.15, -0.1) is 0 Å². The smallest absolute Gasteiger partial charge is 0.389 e. The van der Waals surface area contributed by atoms with Gasteiger partial charge in [0, 0.05) is 27.4 Å². The number of hydrogen-bond donors (Lipinski definition) is 0. The number of rotatable bonds is 6. The van der Waals surface area contributed by atoms with E-state index in [0.29, 0.717) is 12.1 Å². The highest BCUT2D eigenvalue weighted by atomic mass is 28.4. The quantitative estimate of drug-likeness (QED) is 0.609. The van der Waals surface area contributed by atoms with Gasteiger partial charge in [0.15, 0.2) is 0 Å².